The van der Waals surface area contributed by atoms with E-state index in [2.05, 4.69) is 4.74 Å². The van der Waals surface area contributed by atoms with Gasteiger partial charge in [0, 0.05) is 45.6 Å². The minimum atomic E-state index is -4.99. The van der Waals surface area contributed by atoms with Crippen molar-refractivity contribution < 1.29 is 31.9 Å². The second kappa shape index (κ2) is 8.89. The van der Waals surface area contributed by atoms with Crippen LogP contribution in [-0.2, 0) is 9.59 Å². The lowest BCUT2D eigenvalue weighted by Gasteiger charge is -2.36. The van der Waals surface area contributed by atoms with Gasteiger partial charge in [-0.25, -0.2) is 4.39 Å². The van der Waals surface area contributed by atoms with Gasteiger partial charge < -0.3 is 9.64 Å². The lowest BCUT2D eigenvalue weighted by molar-refractivity contribution is -0.275. The second-order valence-electron chi connectivity index (χ2n) is 7.15. The van der Waals surface area contributed by atoms with Crippen LogP contribution in [-0.4, -0.2) is 60.6 Å². The Bertz CT molecular complexity index is 714. The maximum absolute atomic E-state index is 14.1. The Kier molecular flexibility index (Phi) is 7.03. The molecule has 1 aromatic rings. The summed E-state index contributed by atoms with van der Waals surface area (Å²) >= 11 is 0. The van der Waals surface area contributed by atoms with Crippen LogP contribution in [0.4, 0.5) is 17.6 Å². The Hall–Kier alpha value is -2.16. The number of ether oxygens (including phenoxy) is 1. The van der Waals surface area contributed by atoms with Crippen molar-refractivity contribution in [2.75, 3.05) is 32.7 Å². The highest BCUT2D eigenvalue weighted by Gasteiger charge is 2.33. The summed E-state index contributed by atoms with van der Waals surface area (Å²) in [6.45, 7) is 7.45. The Balaban J connectivity index is 2.19. The third kappa shape index (κ3) is 5.92. The fourth-order valence-electron chi connectivity index (χ4n) is 3.21. The van der Waals surface area contributed by atoms with Gasteiger partial charge in [-0.15, -0.1) is 13.2 Å². The van der Waals surface area contributed by atoms with Crippen LogP contribution >= 0.6 is 0 Å². The molecule has 0 saturated carbocycles. The van der Waals surface area contributed by atoms with Gasteiger partial charge in [0.2, 0.25) is 5.91 Å². The van der Waals surface area contributed by atoms with E-state index in [0.717, 1.165) is 12.1 Å². The number of rotatable bonds is 6. The number of carbonyl (C=O) groups excluding carboxylic acids is 2. The molecule has 0 spiro atoms. The quantitative estimate of drug-likeness (QED) is 0.684. The normalized spacial score (nSPS) is 16.9. The van der Waals surface area contributed by atoms with E-state index >= 15 is 0 Å². The molecule has 2 rings (SSSR count). The molecule has 1 aliphatic rings. The summed E-state index contributed by atoms with van der Waals surface area (Å²) in [6.07, 6.45) is -4.99. The number of benzene rings is 1. The van der Waals surface area contributed by atoms with Crippen LogP contribution in [0.2, 0.25) is 0 Å². The summed E-state index contributed by atoms with van der Waals surface area (Å²) < 4.78 is 54.8. The highest BCUT2D eigenvalue weighted by atomic mass is 19.4. The first-order chi connectivity index (χ1) is 13.0. The molecule has 5 nitrogen and oxygen atoms in total. The van der Waals surface area contributed by atoms with E-state index in [1.807, 2.05) is 4.90 Å². The zero-order valence-corrected chi connectivity index (χ0v) is 16.1. The van der Waals surface area contributed by atoms with Crippen LogP contribution in [0, 0.1) is 11.7 Å². The summed E-state index contributed by atoms with van der Waals surface area (Å²) in [5.74, 6) is -3.24. The van der Waals surface area contributed by atoms with E-state index in [1.165, 1.54) is 13.0 Å². The molecule has 0 radical (unpaired) electrons. The molecule has 156 valence electrons. The third-order valence-corrected chi connectivity index (χ3v) is 4.75. The highest BCUT2D eigenvalue weighted by Crippen LogP contribution is 2.30. The van der Waals surface area contributed by atoms with Crippen molar-refractivity contribution in [3.63, 3.8) is 0 Å². The van der Waals surface area contributed by atoms with E-state index < -0.39 is 23.8 Å². The maximum Gasteiger partial charge on any atom is 0.573 e. The maximum atomic E-state index is 14.1. The predicted molar refractivity (Wildman–Crippen MR) is 94.4 cm³/mol. The van der Waals surface area contributed by atoms with Crippen molar-refractivity contribution >= 4 is 11.7 Å². The Morgan fingerprint density at radius 1 is 1.14 bits per heavy atom. The predicted octanol–water partition coefficient (Wildman–Crippen LogP) is 3.20. The molecule has 1 unspecified atom stereocenters. The molecule has 9 heteroatoms. The molecule has 0 N–H and O–H groups in total. The number of Topliss-reactive ketones (excluding diaryl/α,β-unsaturated/α-hetero) is 1. The molecular formula is C19H24F4N2O3. The number of piperazine rings is 1. The number of alkyl halides is 3. The zero-order valence-electron chi connectivity index (χ0n) is 16.1. The fourth-order valence-corrected chi connectivity index (χ4v) is 3.21. The lowest BCUT2D eigenvalue weighted by atomic mass is 9.88. The number of halogens is 4. The van der Waals surface area contributed by atoms with E-state index in [9.17, 15) is 27.2 Å². The molecule has 28 heavy (non-hydrogen) atoms. The minimum Gasteiger partial charge on any atom is -0.403 e. The summed E-state index contributed by atoms with van der Waals surface area (Å²) in [4.78, 5) is 27.8. The highest BCUT2D eigenvalue weighted by molar-refractivity contribution is 5.87. The summed E-state index contributed by atoms with van der Waals surface area (Å²) in [5.41, 5.74) is 0.305. The number of hydrogen-bond donors (Lipinski definition) is 0. The van der Waals surface area contributed by atoms with Gasteiger partial charge in [0.15, 0.2) is 11.6 Å². The van der Waals surface area contributed by atoms with Crippen LogP contribution in [0.5, 0.6) is 5.75 Å². The molecule has 1 amide bonds. The average Bonchev–Trinajstić information content (AvgIpc) is 2.60. The van der Waals surface area contributed by atoms with Gasteiger partial charge in [-0.05, 0) is 17.7 Å². The van der Waals surface area contributed by atoms with E-state index in [0.29, 0.717) is 38.3 Å². The van der Waals surface area contributed by atoms with Crippen molar-refractivity contribution in [1.29, 1.82) is 0 Å². The van der Waals surface area contributed by atoms with E-state index in [-0.39, 0.29) is 17.6 Å². The number of nitrogens with zero attached hydrogens (tertiary/aromatic N) is 2. The van der Waals surface area contributed by atoms with Crippen LogP contribution in [0.1, 0.15) is 32.3 Å². The van der Waals surface area contributed by atoms with Crippen molar-refractivity contribution in [1.82, 2.24) is 9.80 Å². The first kappa shape index (κ1) is 22.1. The van der Waals surface area contributed by atoms with Crippen LogP contribution < -0.4 is 4.74 Å². The van der Waals surface area contributed by atoms with Crippen LogP contribution in [0.3, 0.4) is 0 Å². The largest absolute Gasteiger partial charge is 0.573 e. The van der Waals surface area contributed by atoms with Gasteiger partial charge in [-0.2, -0.15) is 0 Å². The lowest BCUT2D eigenvalue weighted by Crippen LogP contribution is -2.49. The van der Waals surface area contributed by atoms with Gasteiger partial charge in [0.25, 0.3) is 0 Å². The van der Waals surface area contributed by atoms with Crippen molar-refractivity contribution in [3.8, 4) is 5.75 Å². The Morgan fingerprint density at radius 3 is 2.21 bits per heavy atom. The van der Waals surface area contributed by atoms with Gasteiger partial charge in [-0.3, -0.25) is 14.5 Å². The standard InChI is InChI=1S/C19H24F4N2O3/c1-12(2)18(27)15(11-24-6-8-25(9-7-24)13(3)26)14-4-5-17(16(20)10-14)28-19(21,22)23/h4-5,10,12,15H,6-9,11H2,1-3H3. The molecule has 1 fully saturated rings. The second-order valence-corrected chi connectivity index (χ2v) is 7.15. The first-order valence-electron chi connectivity index (χ1n) is 9.04. The summed E-state index contributed by atoms with van der Waals surface area (Å²) in [5, 5.41) is 0. The smallest absolute Gasteiger partial charge is 0.403 e. The SMILES string of the molecule is CC(=O)N1CCN(CC(C(=O)C(C)C)c2ccc(OC(F)(F)F)c(F)c2)CC1. The summed E-state index contributed by atoms with van der Waals surface area (Å²) in [6, 6.07) is 3.12. The Morgan fingerprint density at radius 2 is 1.75 bits per heavy atom. The molecule has 1 aliphatic heterocycles. The minimum absolute atomic E-state index is 0.0169. The van der Waals surface area contributed by atoms with Crippen molar-refractivity contribution in [3.05, 3.63) is 29.6 Å². The molecule has 1 atom stereocenters. The molecule has 0 bridgehead atoms. The fraction of sp³-hybridized carbons (Fsp3) is 0.579. The van der Waals surface area contributed by atoms with Gasteiger partial charge in [-0.1, -0.05) is 19.9 Å². The van der Waals surface area contributed by atoms with Gasteiger partial charge in [0.05, 0.1) is 5.92 Å². The molecule has 0 aromatic heterocycles. The number of amides is 1. The zero-order chi connectivity index (χ0) is 21.1. The van der Waals surface area contributed by atoms with Gasteiger partial charge >= 0.3 is 6.36 Å². The number of hydrogen-bond acceptors (Lipinski definition) is 4. The number of carbonyl (C=O) groups is 2. The van der Waals surface area contributed by atoms with Crippen LogP contribution in [0.15, 0.2) is 18.2 Å². The summed E-state index contributed by atoms with van der Waals surface area (Å²) in [7, 11) is 0. The monoisotopic (exact) mass is 404 g/mol. The first-order valence-corrected chi connectivity index (χ1v) is 9.04. The van der Waals surface area contributed by atoms with E-state index in [1.54, 1.807) is 18.7 Å². The molecule has 1 aromatic carbocycles. The van der Waals surface area contributed by atoms with E-state index in [4.69, 9.17) is 0 Å². The molecule has 1 heterocycles. The average molecular weight is 404 g/mol. The van der Waals surface area contributed by atoms with Crippen LogP contribution in [0.25, 0.3) is 0 Å². The molecular weight excluding hydrogens is 380 g/mol. The van der Waals surface area contributed by atoms with Gasteiger partial charge in [0.1, 0.15) is 5.78 Å². The molecule has 1 saturated heterocycles. The topological polar surface area (TPSA) is 49.9 Å². The number of ketones is 1. The Labute approximate surface area is 161 Å². The van der Waals surface area contributed by atoms with Crippen molar-refractivity contribution in [2.24, 2.45) is 5.92 Å². The third-order valence-electron chi connectivity index (χ3n) is 4.75. The van der Waals surface area contributed by atoms with Crippen molar-refractivity contribution in [2.45, 2.75) is 33.1 Å². The molecule has 0 aliphatic carbocycles.